The van der Waals surface area contributed by atoms with E-state index < -0.39 is 37.0 Å². The Morgan fingerprint density at radius 3 is 1.15 bits per heavy atom. The number of hydrogen-bond donors (Lipinski definition) is 13. The first kappa shape index (κ1) is 32.6. The molecular weight excluding hydrogens is 360 g/mol. The van der Waals surface area contributed by atoms with Gasteiger partial charge in [0, 0.05) is 6.42 Å². The van der Waals surface area contributed by atoms with Crippen LogP contribution in [-0.2, 0) is 4.79 Å². The van der Waals surface area contributed by atoms with Gasteiger partial charge in [0.15, 0.2) is 0 Å². The first-order valence-electron chi connectivity index (χ1n) is 7.32. The molecule has 0 amide bonds. The summed E-state index contributed by atoms with van der Waals surface area (Å²) in [6.45, 7) is -1.08. The van der Waals surface area contributed by atoms with E-state index in [1.54, 1.807) is 0 Å². The van der Waals surface area contributed by atoms with Crippen molar-refractivity contribution in [3.8, 4) is 0 Å². The summed E-state index contributed by atoms with van der Waals surface area (Å²) < 4.78 is 0. The highest BCUT2D eigenvalue weighted by Crippen LogP contribution is 2.01. The topological polar surface area (TPSA) is 303 Å². The number of carboxylic acid groups (broad SMARTS) is 1. The Morgan fingerprint density at radius 1 is 0.731 bits per heavy atom. The fourth-order valence-corrected chi connectivity index (χ4v) is 0.633. The summed E-state index contributed by atoms with van der Waals surface area (Å²) in [5.74, 6) is -0.913. The highest BCUT2D eigenvalue weighted by atomic mass is 16.4. The van der Waals surface area contributed by atoms with Gasteiger partial charge in [0.2, 0.25) is 0 Å². The van der Waals surface area contributed by atoms with Crippen LogP contribution in [0.4, 0.5) is 0 Å². The third-order valence-electron chi connectivity index (χ3n) is 1.85. The number of nitrogens with two attached hydrogens (primary N) is 4. The van der Waals surface area contributed by atoms with E-state index in [1.807, 2.05) is 0 Å². The zero-order chi connectivity index (χ0) is 21.7. The van der Waals surface area contributed by atoms with Crippen molar-refractivity contribution in [2.75, 3.05) is 19.8 Å². The number of rotatable bonds is 8. The minimum Gasteiger partial charge on any atom is -0.481 e. The Bertz CT molecular complexity index is 264. The molecule has 0 aliphatic heterocycles. The number of aliphatic hydroxyl groups excluding tert-OH is 8. The van der Waals surface area contributed by atoms with E-state index in [9.17, 15) is 4.79 Å². The van der Waals surface area contributed by atoms with Gasteiger partial charge in [-0.25, -0.2) is 0 Å². The number of aliphatic carboxylic acids is 1. The first-order chi connectivity index (χ1) is 11.8. The molecule has 0 rings (SSSR count). The maximum atomic E-state index is 9.98. The predicted octanol–water partition coefficient (Wildman–Crippen LogP) is -6.35. The lowest BCUT2D eigenvalue weighted by atomic mass is 10.1. The van der Waals surface area contributed by atoms with Gasteiger partial charge in [-0.3, -0.25) is 4.79 Å². The second-order valence-electron chi connectivity index (χ2n) is 4.59. The molecule has 14 heteroatoms. The van der Waals surface area contributed by atoms with Gasteiger partial charge in [0.25, 0.3) is 0 Å². The summed E-state index contributed by atoms with van der Waals surface area (Å²) in [5.41, 5.74) is 18.7. The molecule has 0 aliphatic rings. The molecule has 0 aromatic rings. The summed E-state index contributed by atoms with van der Waals surface area (Å²) in [5, 5.41) is 72.6. The number of hydrogen-bond acceptors (Lipinski definition) is 13. The molecule has 0 saturated carbocycles. The minimum atomic E-state index is -1.27. The van der Waals surface area contributed by atoms with E-state index in [-0.39, 0.29) is 32.7 Å². The third kappa shape index (κ3) is 49.5. The van der Waals surface area contributed by atoms with E-state index in [4.69, 9.17) is 51.7 Å². The lowest BCUT2D eigenvalue weighted by Gasteiger charge is -2.11. The van der Waals surface area contributed by atoms with Crippen LogP contribution in [0.25, 0.3) is 0 Å². The highest BCUT2D eigenvalue weighted by molar-refractivity contribution is 5.66. The van der Waals surface area contributed by atoms with Gasteiger partial charge in [-0.2, -0.15) is 0 Å². The number of carboxylic acids is 1. The molecule has 0 radical (unpaired) electrons. The maximum absolute atomic E-state index is 9.98. The average molecular weight is 394 g/mol. The molecule has 0 aromatic carbocycles. The zero-order valence-corrected chi connectivity index (χ0v) is 14.4. The summed E-state index contributed by atoms with van der Waals surface area (Å²) >= 11 is 0. The molecule has 5 unspecified atom stereocenters. The third-order valence-corrected chi connectivity index (χ3v) is 1.85. The molecule has 0 fully saturated rings. The smallest absolute Gasteiger partial charge is 0.303 e. The second-order valence-corrected chi connectivity index (χ2v) is 4.59. The molecule has 0 saturated heterocycles. The molecule has 0 heterocycles. The normalized spacial score (nSPS) is 15.4. The van der Waals surface area contributed by atoms with Crippen LogP contribution in [-0.4, -0.2) is 103 Å². The standard InChI is InChI=1S/C6H13NO4.3C2H7NO2/c7-6(11)4(8)2-1-3-5(9)10;3*3-2(5)1-4/h4,6,8,11H,1-3,7H2,(H,9,10);3*2,4-5H,1,3H2. The lowest BCUT2D eigenvalue weighted by molar-refractivity contribution is -0.137. The molecule has 0 bridgehead atoms. The molecule has 14 nitrogen and oxygen atoms in total. The second kappa shape index (κ2) is 24.0. The number of aliphatic hydroxyl groups is 8. The van der Waals surface area contributed by atoms with E-state index >= 15 is 0 Å². The zero-order valence-electron chi connectivity index (χ0n) is 14.4. The summed E-state index contributed by atoms with van der Waals surface area (Å²) in [4.78, 5) is 9.98. The Kier molecular flexibility index (Phi) is 30.1. The van der Waals surface area contributed by atoms with Gasteiger partial charge in [0.05, 0.1) is 25.9 Å². The monoisotopic (exact) mass is 394 g/mol. The van der Waals surface area contributed by atoms with E-state index in [2.05, 4.69) is 17.2 Å². The van der Waals surface area contributed by atoms with Gasteiger partial charge >= 0.3 is 5.97 Å². The summed E-state index contributed by atoms with van der Waals surface area (Å²) in [7, 11) is 0. The van der Waals surface area contributed by atoms with Crippen molar-refractivity contribution in [3.05, 3.63) is 0 Å². The van der Waals surface area contributed by atoms with Crippen LogP contribution in [0, 0.1) is 0 Å². The maximum Gasteiger partial charge on any atom is 0.303 e. The lowest BCUT2D eigenvalue weighted by Crippen LogP contribution is -2.34. The van der Waals surface area contributed by atoms with Gasteiger partial charge < -0.3 is 68.9 Å². The van der Waals surface area contributed by atoms with Crippen LogP contribution in [0.15, 0.2) is 0 Å². The Balaban J connectivity index is -0.000000136. The Labute approximate surface area is 150 Å². The van der Waals surface area contributed by atoms with Crippen molar-refractivity contribution in [2.45, 2.75) is 50.3 Å². The van der Waals surface area contributed by atoms with Crippen LogP contribution in [0.1, 0.15) is 19.3 Å². The van der Waals surface area contributed by atoms with Gasteiger partial charge in [-0.15, -0.1) is 0 Å². The average Bonchev–Trinajstić information content (AvgIpc) is 2.55. The quantitative estimate of drug-likeness (QED) is 0.170. The van der Waals surface area contributed by atoms with E-state index in [0.29, 0.717) is 6.42 Å². The van der Waals surface area contributed by atoms with Crippen molar-refractivity contribution < 1.29 is 50.8 Å². The van der Waals surface area contributed by atoms with Crippen molar-refractivity contribution in [1.29, 1.82) is 0 Å². The van der Waals surface area contributed by atoms with Crippen LogP contribution < -0.4 is 22.9 Å². The molecule has 17 N–H and O–H groups in total. The van der Waals surface area contributed by atoms with Gasteiger partial charge in [-0.05, 0) is 12.8 Å². The highest BCUT2D eigenvalue weighted by Gasteiger charge is 2.10. The van der Waals surface area contributed by atoms with Crippen molar-refractivity contribution >= 4 is 5.97 Å². The fraction of sp³-hybridized carbons (Fsp3) is 0.917. The SMILES string of the molecule is NC(O)C(O)CCCC(=O)O.NC(O)CO.NC(O)CO.NC(O)CO. The van der Waals surface area contributed by atoms with E-state index in [0.717, 1.165) is 0 Å². The van der Waals surface area contributed by atoms with Crippen molar-refractivity contribution in [2.24, 2.45) is 22.9 Å². The molecule has 5 atom stereocenters. The van der Waals surface area contributed by atoms with Gasteiger partial charge in [0.1, 0.15) is 24.9 Å². The van der Waals surface area contributed by atoms with Crippen LogP contribution in [0.3, 0.4) is 0 Å². The predicted molar refractivity (Wildman–Crippen MR) is 89.5 cm³/mol. The number of carbonyl (C=O) groups is 1. The van der Waals surface area contributed by atoms with Crippen LogP contribution >= 0.6 is 0 Å². The first-order valence-corrected chi connectivity index (χ1v) is 7.32. The van der Waals surface area contributed by atoms with Crippen LogP contribution in [0.2, 0.25) is 0 Å². The Hall–Kier alpha value is -1.01. The Morgan fingerprint density at radius 2 is 1.00 bits per heavy atom. The molecule has 0 aliphatic carbocycles. The summed E-state index contributed by atoms with van der Waals surface area (Å²) in [6, 6.07) is 0. The molecular formula is C12H34N4O10. The van der Waals surface area contributed by atoms with Crippen molar-refractivity contribution in [3.63, 3.8) is 0 Å². The minimum absolute atomic E-state index is 0.0101. The largest absolute Gasteiger partial charge is 0.481 e. The van der Waals surface area contributed by atoms with E-state index in [1.165, 1.54) is 0 Å². The van der Waals surface area contributed by atoms with Crippen molar-refractivity contribution in [1.82, 2.24) is 0 Å². The molecule has 0 spiro atoms. The van der Waals surface area contributed by atoms with Gasteiger partial charge in [-0.1, -0.05) is 0 Å². The van der Waals surface area contributed by atoms with Crippen LogP contribution in [0.5, 0.6) is 0 Å². The molecule has 162 valence electrons. The fourth-order valence-electron chi connectivity index (χ4n) is 0.633. The summed E-state index contributed by atoms with van der Waals surface area (Å²) in [6.07, 6.45) is -4.95. The molecule has 26 heavy (non-hydrogen) atoms. The molecule has 0 aromatic heterocycles.